The van der Waals surface area contributed by atoms with Crippen LogP contribution in [0.1, 0.15) is 40.4 Å². The predicted octanol–water partition coefficient (Wildman–Crippen LogP) is 4.05. The number of ether oxygens (including phenoxy) is 2. The number of nitrogens with zero attached hydrogens (tertiary/aromatic N) is 2. The summed E-state index contributed by atoms with van der Waals surface area (Å²) in [5.41, 5.74) is 2.21. The average molecular weight is 575 g/mol. The molecule has 3 aromatic rings. The second-order valence-electron chi connectivity index (χ2n) is 9.89. The Balaban J connectivity index is 1.69. The number of hydrogen-bond acceptors (Lipinski definition) is 6. The molecule has 11 nitrogen and oxygen atoms in total. The number of carboxylic acids is 1. The van der Waals surface area contributed by atoms with Gasteiger partial charge in [-0.1, -0.05) is 42.0 Å². The number of aliphatic carboxylic acids is 1. The molecule has 0 aliphatic carbocycles. The number of aryl methyl sites for hydroxylation is 1. The minimum absolute atomic E-state index is 0.184. The van der Waals surface area contributed by atoms with Crippen LogP contribution in [0.15, 0.2) is 72.8 Å². The van der Waals surface area contributed by atoms with E-state index in [1.165, 1.54) is 24.0 Å². The Kier molecular flexibility index (Phi) is 9.64. The zero-order valence-electron chi connectivity index (χ0n) is 23.7. The number of amides is 4. The van der Waals surface area contributed by atoms with Crippen molar-refractivity contribution in [3.8, 4) is 11.5 Å². The molecule has 4 amide bonds. The number of rotatable bonds is 9. The summed E-state index contributed by atoms with van der Waals surface area (Å²) in [6.07, 6.45) is -1.33. The molecule has 220 valence electrons. The van der Waals surface area contributed by atoms with Gasteiger partial charge in [0.25, 0.3) is 11.8 Å². The van der Waals surface area contributed by atoms with Crippen LogP contribution in [0.2, 0.25) is 0 Å². The average Bonchev–Trinajstić information content (AvgIpc) is 2.99. The van der Waals surface area contributed by atoms with Crippen molar-refractivity contribution in [1.29, 1.82) is 0 Å². The molecule has 0 radical (unpaired) electrons. The van der Waals surface area contributed by atoms with Crippen molar-refractivity contribution in [2.45, 2.75) is 32.0 Å². The molecule has 1 aliphatic heterocycles. The van der Waals surface area contributed by atoms with Crippen LogP contribution in [0.4, 0.5) is 10.5 Å². The molecule has 2 atom stereocenters. The van der Waals surface area contributed by atoms with Crippen molar-refractivity contribution in [1.82, 2.24) is 15.1 Å². The van der Waals surface area contributed by atoms with Gasteiger partial charge in [-0.2, -0.15) is 0 Å². The van der Waals surface area contributed by atoms with Gasteiger partial charge in [-0.15, -0.1) is 0 Å². The van der Waals surface area contributed by atoms with Crippen molar-refractivity contribution >= 4 is 29.5 Å². The maximum atomic E-state index is 14.0. The zero-order chi connectivity index (χ0) is 30.2. The molecule has 1 heterocycles. The minimum Gasteiger partial charge on any atom is -0.497 e. The smallest absolute Gasteiger partial charge is 0.323 e. The molecule has 2 unspecified atom stereocenters. The summed E-state index contributed by atoms with van der Waals surface area (Å²) in [5, 5.41) is 15.2. The van der Waals surface area contributed by atoms with Crippen LogP contribution in [0, 0.1) is 6.92 Å². The number of carboxylic acid groups (broad SMARTS) is 1. The first kappa shape index (κ1) is 29.9. The molecule has 1 fully saturated rings. The number of methoxy groups -OCH3 is 2. The minimum atomic E-state index is -1.36. The molecule has 4 rings (SSSR count). The van der Waals surface area contributed by atoms with Crippen molar-refractivity contribution in [3.05, 3.63) is 89.5 Å². The maximum absolute atomic E-state index is 14.0. The Hall–Kier alpha value is -5.06. The summed E-state index contributed by atoms with van der Waals surface area (Å²) < 4.78 is 10.5. The third-order valence-electron chi connectivity index (χ3n) is 6.92. The molecule has 3 aromatic carbocycles. The lowest BCUT2D eigenvalue weighted by molar-refractivity contribution is -0.138. The van der Waals surface area contributed by atoms with Crippen LogP contribution in [0.5, 0.6) is 11.5 Å². The molecule has 0 bridgehead atoms. The highest BCUT2D eigenvalue weighted by Gasteiger charge is 2.41. The summed E-state index contributed by atoms with van der Waals surface area (Å²) in [6.45, 7) is 2.25. The van der Waals surface area contributed by atoms with Gasteiger partial charge in [0.15, 0.2) is 6.17 Å². The molecule has 0 spiro atoms. The molecule has 11 heteroatoms. The lowest BCUT2D eigenvalue weighted by Gasteiger charge is -2.43. The summed E-state index contributed by atoms with van der Waals surface area (Å²) in [5.74, 6) is -1.27. The lowest BCUT2D eigenvalue weighted by atomic mass is 10.0. The van der Waals surface area contributed by atoms with Crippen molar-refractivity contribution in [2.75, 3.05) is 32.6 Å². The summed E-state index contributed by atoms with van der Waals surface area (Å²) in [7, 11) is 3.00. The maximum Gasteiger partial charge on any atom is 0.323 e. The van der Waals surface area contributed by atoms with E-state index in [-0.39, 0.29) is 25.1 Å². The summed E-state index contributed by atoms with van der Waals surface area (Å²) in [6, 6.07) is 19.0. The number of carbonyl (C=O) groups is 4. The normalized spacial score (nSPS) is 15.4. The molecule has 1 saturated heterocycles. The van der Waals surface area contributed by atoms with Gasteiger partial charge in [-0.05, 0) is 49.2 Å². The lowest BCUT2D eigenvalue weighted by Crippen LogP contribution is -2.64. The standard InChI is InChI=1S/C31H34N4O7/c1-20-8-4-9-21(16-20)26(19-27(36)37)33-28(38)29-34(30(39)22-10-5-12-24(17-22)41-2)14-7-15-35(29)31(40)32-23-11-6-13-25(18-23)42-3/h4-6,8-13,16-18,26,29H,7,14-15,19H2,1-3H3,(H,32,40)(H,33,38)(H,36,37). The third kappa shape index (κ3) is 7.17. The highest BCUT2D eigenvalue weighted by Crippen LogP contribution is 2.25. The van der Waals surface area contributed by atoms with Crippen molar-refractivity contribution in [3.63, 3.8) is 0 Å². The number of nitrogens with one attached hydrogen (secondary N) is 2. The largest absolute Gasteiger partial charge is 0.497 e. The Labute approximate surface area is 244 Å². The van der Waals surface area contributed by atoms with Gasteiger partial charge >= 0.3 is 12.0 Å². The number of carbonyl (C=O) groups excluding carboxylic acids is 3. The summed E-state index contributed by atoms with van der Waals surface area (Å²) >= 11 is 0. The number of hydrogen-bond donors (Lipinski definition) is 3. The van der Waals surface area contributed by atoms with Crippen molar-refractivity contribution in [2.24, 2.45) is 0 Å². The zero-order valence-corrected chi connectivity index (χ0v) is 23.7. The first-order valence-corrected chi connectivity index (χ1v) is 13.5. The molecular formula is C31H34N4O7. The Morgan fingerprint density at radius 3 is 2.26 bits per heavy atom. The molecule has 0 saturated carbocycles. The van der Waals surface area contributed by atoms with Crippen LogP contribution >= 0.6 is 0 Å². The molecule has 3 N–H and O–H groups in total. The first-order chi connectivity index (χ1) is 20.2. The van der Waals surface area contributed by atoms with Gasteiger partial charge in [0.1, 0.15) is 11.5 Å². The fourth-order valence-corrected chi connectivity index (χ4v) is 4.91. The molecule has 0 aromatic heterocycles. The van der Waals surface area contributed by atoms with E-state index in [1.54, 1.807) is 66.7 Å². The summed E-state index contributed by atoms with van der Waals surface area (Å²) in [4.78, 5) is 55.8. The predicted molar refractivity (Wildman–Crippen MR) is 155 cm³/mol. The Morgan fingerprint density at radius 2 is 1.57 bits per heavy atom. The van der Waals surface area contributed by atoms with E-state index in [2.05, 4.69) is 10.6 Å². The van der Waals surface area contributed by atoms with E-state index in [9.17, 15) is 24.3 Å². The van der Waals surface area contributed by atoms with Crippen molar-refractivity contribution < 1.29 is 33.8 Å². The van der Waals surface area contributed by atoms with Crippen LogP contribution in [-0.2, 0) is 9.59 Å². The van der Waals surface area contributed by atoms with E-state index < -0.39 is 36.0 Å². The first-order valence-electron chi connectivity index (χ1n) is 13.5. The van der Waals surface area contributed by atoms with Gasteiger partial charge in [0.2, 0.25) is 0 Å². The SMILES string of the molecule is COc1cccc(NC(=O)N2CCCN(C(=O)c3cccc(OC)c3)C2C(=O)NC(CC(=O)O)c2cccc(C)c2)c1. The quantitative estimate of drug-likeness (QED) is 0.351. The number of urea groups is 1. The van der Waals surface area contributed by atoms with Crippen LogP contribution < -0.4 is 20.1 Å². The van der Waals surface area contributed by atoms with Crippen LogP contribution in [-0.4, -0.2) is 72.2 Å². The highest BCUT2D eigenvalue weighted by molar-refractivity contribution is 6.00. The Morgan fingerprint density at radius 1 is 0.905 bits per heavy atom. The van der Waals surface area contributed by atoms with Gasteiger partial charge in [-0.3, -0.25) is 19.3 Å². The van der Waals surface area contributed by atoms with Crippen LogP contribution in [0.3, 0.4) is 0 Å². The van der Waals surface area contributed by atoms with E-state index in [0.29, 0.717) is 29.2 Å². The van der Waals surface area contributed by atoms with E-state index in [1.807, 2.05) is 13.0 Å². The fourth-order valence-electron chi connectivity index (χ4n) is 4.91. The van der Waals surface area contributed by atoms with Gasteiger partial charge < -0.3 is 30.1 Å². The highest BCUT2D eigenvalue weighted by atomic mass is 16.5. The molecule has 1 aliphatic rings. The fraction of sp³-hybridized carbons (Fsp3) is 0.290. The second kappa shape index (κ2) is 13.5. The second-order valence-corrected chi connectivity index (χ2v) is 9.89. The monoisotopic (exact) mass is 574 g/mol. The van der Waals surface area contributed by atoms with Gasteiger partial charge in [0.05, 0.1) is 26.7 Å². The third-order valence-corrected chi connectivity index (χ3v) is 6.92. The van der Waals surface area contributed by atoms with Crippen LogP contribution in [0.25, 0.3) is 0 Å². The number of benzene rings is 3. The molecule has 42 heavy (non-hydrogen) atoms. The molecular weight excluding hydrogens is 540 g/mol. The van der Waals surface area contributed by atoms with E-state index in [4.69, 9.17) is 9.47 Å². The number of anilines is 1. The van der Waals surface area contributed by atoms with E-state index >= 15 is 0 Å². The topological polar surface area (TPSA) is 138 Å². The van der Waals surface area contributed by atoms with Gasteiger partial charge in [0, 0.05) is 30.4 Å². The van der Waals surface area contributed by atoms with Gasteiger partial charge in [-0.25, -0.2) is 4.79 Å². The Bertz CT molecular complexity index is 1460. The van der Waals surface area contributed by atoms with E-state index in [0.717, 1.165) is 5.56 Å².